The van der Waals surface area contributed by atoms with E-state index in [9.17, 15) is 0 Å². The Morgan fingerprint density at radius 1 is 1.33 bits per heavy atom. The van der Waals surface area contributed by atoms with Crippen LogP contribution in [0.2, 0.25) is 0 Å². The molecule has 1 aromatic carbocycles. The van der Waals surface area contributed by atoms with Crippen molar-refractivity contribution in [2.75, 3.05) is 6.61 Å². The lowest BCUT2D eigenvalue weighted by Gasteiger charge is -2.07. The van der Waals surface area contributed by atoms with Crippen LogP contribution in [0, 0.1) is 0 Å². The van der Waals surface area contributed by atoms with Crippen molar-refractivity contribution in [3.8, 4) is 0 Å². The molecule has 0 saturated carbocycles. The SMILES string of the molecule is N[C@@H](CO)Cc1ccc(Br)cc1. The molecule has 12 heavy (non-hydrogen) atoms. The van der Waals surface area contributed by atoms with Gasteiger partial charge in [-0.3, -0.25) is 0 Å². The summed E-state index contributed by atoms with van der Waals surface area (Å²) in [6.45, 7) is 0.0378. The number of aliphatic hydroxyl groups is 1. The van der Waals surface area contributed by atoms with E-state index in [0.29, 0.717) is 0 Å². The van der Waals surface area contributed by atoms with Crippen molar-refractivity contribution in [3.63, 3.8) is 0 Å². The molecule has 3 heteroatoms. The van der Waals surface area contributed by atoms with Gasteiger partial charge in [-0.25, -0.2) is 0 Å². The molecule has 66 valence electrons. The summed E-state index contributed by atoms with van der Waals surface area (Å²) < 4.78 is 1.06. The molecule has 0 radical (unpaired) electrons. The summed E-state index contributed by atoms with van der Waals surface area (Å²) >= 11 is 3.35. The molecular formula is C9H12BrNO. The second-order valence-electron chi connectivity index (χ2n) is 2.77. The molecule has 0 aromatic heterocycles. The zero-order valence-corrected chi connectivity index (χ0v) is 8.29. The van der Waals surface area contributed by atoms with Gasteiger partial charge in [-0.05, 0) is 24.1 Å². The van der Waals surface area contributed by atoms with Crippen LogP contribution < -0.4 is 5.73 Å². The first-order valence-electron chi connectivity index (χ1n) is 3.83. The number of hydrogen-bond acceptors (Lipinski definition) is 2. The molecule has 3 N–H and O–H groups in total. The highest BCUT2D eigenvalue weighted by atomic mass is 79.9. The highest BCUT2D eigenvalue weighted by Gasteiger charge is 2.01. The molecule has 1 aromatic rings. The first kappa shape index (κ1) is 9.71. The standard InChI is InChI=1S/C9H12BrNO/c10-8-3-1-7(2-4-8)5-9(11)6-12/h1-4,9,12H,5-6,11H2/t9-/m1/s1. The van der Waals surface area contributed by atoms with Crippen LogP contribution in [-0.2, 0) is 6.42 Å². The maximum atomic E-state index is 8.72. The van der Waals surface area contributed by atoms with Gasteiger partial charge in [0.25, 0.3) is 0 Å². The van der Waals surface area contributed by atoms with Gasteiger partial charge in [-0.1, -0.05) is 28.1 Å². The first-order chi connectivity index (χ1) is 5.72. The van der Waals surface area contributed by atoms with E-state index >= 15 is 0 Å². The second kappa shape index (κ2) is 4.60. The van der Waals surface area contributed by atoms with Crippen molar-refractivity contribution in [1.82, 2.24) is 0 Å². The molecule has 0 aliphatic carbocycles. The van der Waals surface area contributed by atoms with Gasteiger partial charge in [0.2, 0.25) is 0 Å². The van der Waals surface area contributed by atoms with E-state index in [0.717, 1.165) is 16.5 Å². The van der Waals surface area contributed by atoms with Crippen LogP contribution in [0.3, 0.4) is 0 Å². The first-order valence-corrected chi connectivity index (χ1v) is 4.62. The summed E-state index contributed by atoms with van der Waals surface area (Å²) in [5, 5.41) is 8.72. The minimum absolute atomic E-state index is 0.0378. The van der Waals surface area contributed by atoms with E-state index in [4.69, 9.17) is 10.8 Å². The van der Waals surface area contributed by atoms with Crippen molar-refractivity contribution >= 4 is 15.9 Å². The Morgan fingerprint density at radius 3 is 2.42 bits per heavy atom. The highest BCUT2D eigenvalue weighted by Crippen LogP contribution is 2.11. The van der Waals surface area contributed by atoms with Gasteiger partial charge in [0, 0.05) is 10.5 Å². The van der Waals surface area contributed by atoms with Gasteiger partial charge in [-0.2, -0.15) is 0 Å². The van der Waals surface area contributed by atoms with Crippen LogP contribution >= 0.6 is 15.9 Å². The lowest BCUT2D eigenvalue weighted by molar-refractivity contribution is 0.265. The number of hydrogen-bond donors (Lipinski definition) is 2. The van der Waals surface area contributed by atoms with E-state index in [-0.39, 0.29) is 12.6 Å². The Balaban J connectivity index is 2.58. The summed E-state index contributed by atoms with van der Waals surface area (Å²) in [6.07, 6.45) is 0.726. The van der Waals surface area contributed by atoms with E-state index in [1.807, 2.05) is 24.3 Å². The van der Waals surface area contributed by atoms with Gasteiger partial charge in [0.15, 0.2) is 0 Å². The lowest BCUT2D eigenvalue weighted by atomic mass is 10.1. The fraction of sp³-hybridized carbons (Fsp3) is 0.333. The van der Waals surface area contributed by atoms with Crippen LogP contribution in [0.25, 0.3) is 0 Å². The molecule has 1 atom stereocenters. The van der Waals surface area contributed by atoms with Crippen molar-refractivity contribution in [3.05, 3.63) is 34.3 Å². The zero-order valence-electron chi connectivity index (χ0n) is 6.70. The van der Waals surface area contributed by atoms with E-state index < -0.39 is 0 Å². The Labute approximate surface area is 80.5 Å². The Hall–Kier alpha value is -0.380. The number of nitrogens with two attached hydrogens (primary N) is 1. The smallest absolute Gasteiger partial charge is 0.0585 e. The number of benzene rings is 1. The van der Waals surface area contributed by atoms with Gasteiger partial charge in [-0.15, -0.1) is 0 Å². The third-order valence-corrected chi connectivity index (χ3v) is 2.17. The largest absolute Gasteiger partial charge is 0.395 e. The van der Waals surface area contributed by atoms with Crippen LogP contribution in [-0.4, -0.2) is 17.8 Å². The number of aliphatic hydroxyl groups excluding tert-OH is 1. The van der Waals surface area contributed by atoms with Crippen molar-refractivity contribution in [1.29, 1.82) is 0 Å². The zero-order chi connectivity index (χ0) is 8.97. The van der Waals surface area contributed by atoms with E-state index in [1.54, 1.807) is 0 Å². The summed E-state index contributed by atoms with van der Waals surface area (Å²) in [7, 11) is 0. The van der Waals surface area contributed by atoms with Crippen LogP contribution in [0.5, 0.6) is 0 Å². The quantitative estimate of drug-likeness (QED) is 0.822. The van der Waals surface area contributed by atoms with Crippen molar-refractivity contribution in [2.45, 2.75) is 12.5 Å². The molecule has 0 aliphatic rings. The average Bonchev–Trinajstić information content (AvgIpc) is 2.09. The molecular weight excluding hydrogens is 218 g/mol. The molecule has 0 bridgehead atoms. The average molecular weight is 230 g/mol. The van der Waals surface area contributed by atoms with Crippen molar-refractivity contribution < 1.29 is 5.11 Å². The van der Waals surface area contributed by atoms with Gasteiger partial charge in [0.05, 0.1) is 6.61 Å². The molecule has 1 rings (SSSR count). The summed E-state index contributed by atoms with van der Waals surface area (Å²) in [6, 6.07) is 7.80. The second-order valence-corrected chi connectivity index (χ2v) is 3.69. The van der Waals surface area contributed by atoms with E-state index in [2.05, 4.69) is 15.9 Å². The predicted molar refractivity (Wildman–Crippen MR) is 52.9 cm³/mol. The third kappa shape index (κ3) is 2.93. The van der Waals surface area contributed by atoms with Gasteiger partial charge >= 0.3 is 0 Å². The predicted octanol–water partition coefficient (Wildman–Crippen LogP) is 1.31. The maximum Gasteiger partial charge on any atom is 0.0585 e. The summed E-state index contributed by atoms with van der Waals surface area (Å²) in [5.74, 6) is 0. The minimum Gasteiger partial charge on any atom is -0.395 e. The van der Waals surface area contributed by atoms with E-state index in [1.165, 1.54) is 0 Å². The molecule has 0 heterocycles. The van der Waals surface area contributed by atoms with Crippen LogP contribution in [0.15, 0.2) is 28.7 Å². The highest BCUT2D eigenvalue weighted by molar-refractivity contribution is 9.10. The normalized spacial score (nSPS) is 12.9. The molecule has 0 saturated heterocycles. The van der Waals surface area contributed by atoms with Gasteiger partial charge in [0.1, 0.15) is 0 Å². The Bertz CT molecular complexity index is 235. The summed E-state index contributed by atoms with van der Waals surface area (Å²) in [5.41, 5.74) is 6.73. The van der Waals surface area contributed by atoms with Gasteiger partial charge < -0.3 is 10.8 Å². The molecule has 0 fully saturated rings. The summed E-state index contributed by atoms with van der Waals surface area (Å²) in [4.78, 5) is 0. The topological polar surface area (TPSA) is 46.2 Å². The molecule has 0 unspecified atom stereocenters. The third-order valence-electron chi connectivity index (χ3n) is 1.65. The maximum absolute atomic E-state index is 8.72. The molecule has 0 aliphatic heterocycles. The van der Waals surface area contributed by atoms with Crippen LogP contribution in [0.4, 0.5) is 0 Å². The molecule has 2 nitrogen and oxygen atoms in total. The van der Waals surface area contributed by atoms with Crippen LogP contribution in [0.1, 0.15) is 5.56 Å². The Morgan fingerprint density at radius 2 is 1.92 bits per heavy atom. The number of halogens is 1. The lowest BCUT2D eigenvalue weighted by Crippen LogP contribution is -2.26. The fourth-order valence-corrected chi connectivity index (χ4v) is 1.25. The fourth-order valence-electron chi connectivity index (χ4n) is 0.988. The monoisotopic (exact) mass is 229 g/mol. The minimum atomic E-state index is -0.147. The Kier molecular flexibility index (Phi) is 3.72. The van der Waals surface area contributed by atoms with Crippen molar-refractivity contribution in [2.24, 2.45) is 5.73 Å². The molecule has 0 amide bonds. The number of rotatable bonds is 3. The molecule has 0 spiro atoms.